The molecule has 0 aliphatic heterocycles. The lowest BCUT2D eigenvalue weighted by atomic mass is 9.87. The molecule has 1 aromatic heterocycles. The Bertz CT molecular complexity index is 1120. The molecule has 0 bridgehead atoms. The van der Waals surface area contributed by atoms with E-state index in [1.807, 2.05) is 0 Å². The third-order valence-corrected chi connectivity index (χ3v) is 5.32. The van der Waals surface area contributed by atoms with Crippen molar-refractivity contribution >= 4 is 21.8 Å². The molecule has 0 radical (unpaired) electrons. The number of hydrogen-bond donors (Lipinski definition) is 0. The van der Waals surface area contributed by atoms with Crippen LogP contribution in [0.25, 0.3) is 32.9 Å². The fourth-order valence-corrected chi connectivity index (χ4v) is 4.33. The van der Waals surface area contributed by atoms with Crippen LogP contribution in [-0.4, -0.2) is 0 Å². The summed E-state index contributed by atoms with van der Waals surface area (Å²) >= 11 is 0. The average molecular weight is 406 g/mol. The van der Waals surface area contributed by atoms with E-state index in [2.05, 4.69) is 93.9 Å². The Morgan fingerprint density at radius 2 is 1.27 bits per heavy atom. The van der Waals surface area contributed by atoms with Gasteiger partial charge in [0.15, 0.2) is 0 Å². The van der Waals surface area contributed by atoms with Crippen molar-refractivity contribution in [3.05, 3.63) is 76.9 Å². The van der Waals surface area contributed by atoms with Crippen LogP contribution in [0, 0.1) is 27.7 Å². The van der Waals surface area contributed by atoms with Crippen molar-refractivity contribution in [3.63, 3.8) is 0 Å². The van der Waals surface area contributed by atoms with Gasteiger partial charge in [0.2, 0.25) is 11.0 Å². The van der Waals surface area contributed by atoms with Crippen molar-refractivity contribution in [2.75, 3.05) is 0 Å². The number of pyridine rings is 1. The van der Waals surface area contributed by atoms with Crippen LogP contribution in [0.5, 0.6) is 0 Å². The normalized spacial score (nSPS) is 11.0. The number of aromatic nitrogens is 1. The SMILES string of the molecule is Cc1cc(C)c(-c2c3ccccc3[n+](C)c3cccc(C)c23)c(C)c1.[Br-]. The molecule has 132 valence electrons. The first-order valence-corrected chi connectivity index (χ1v) is 8.87. The summed E-state index contributed by atoms with van der Waals surface area (Å²) in [6.07, 6.45) is 0. The van der Waals surface area contributed by atoms with Crippen LogP contribution in [-0.2, 0) is 7.05 Å². The van der Waals surface area contributed by atoms with Crippen molar-refractivity contribution in [2.24, 2.45) is 7.05 Å². The Kier molecular flexibility index (Phi) is 4.90. The van der Waals surface area contributed by atoms with Gasteiger partial charge in [-0.2, -0.15) is 4.57 Å². The average Bonchev–Trinajstić information content (AvgIpc) is 2.57. The minimum atomic E-state index is 0. The van der Waals surface area contributed by atoms with Crippen LogP contribution in [0.15, 0.2) is 54.6 Å². The van der Waals surface area contributed by atoms with Crippen LogP contribution >= 0.6 is 0 Å². The van der Waals surface area contributed by atoms with Gasteiger partial charge in [-0.1, -0.05) is 42.0 Å². The van der Waals surface area contributed by atoms with Crippen molar-refractivity contribution in [2.45, 2.75) is 27.7 Å². The summed E-state index contributed by atoms with van der Waals surface area (Å²) in [5.74, 6) is 0. The lowest BCUT2D eigenvalue weighted by Gasteiger charge is -2.17. The van der Waals surface area contributed by atoms with Crippen molar-refractivity contribution in [3.8, 4) is 11.1 Å². The summed E-state index contributed by atoms with van der Waals surface area (Å²) in [4.78, 5) is 0. The maximum atomic E-state index is 2.32. The molecule has 0 saturated carbocycles. The second-order valence-corrected chi connectivity index (χ2v) is 7.19. The summed E-state index contributed by atoms with van der Waals surface area (Å²) in [6, 6.07) is 20.0. The fraction of sp³-hybridized carbons (Fsp3) is 0.208. The second-order valence-electron chi connectivity index (χ2n) is 7.19. The number of rotatable bonds is 1. The number of hydrogen-bond acceptors (Lipinski definition) is 0. The van der Waals surface area contributed by atoms with Crippen LogP contribution in [0.2, 0.25) is 0 Å². The molecule has 0 fully saturated rings. The van der Waals surface area contributed by atoms with E-state index in [-0.39, 0.29) is 17.0 Å². The molecule has 0 unspecified atom stereocenters. The minimum Gasteiger partial charge on any atom is -1.00 e. The summed E-state index contributed by atoms with van der Waals surface area (Å²) in [5, 5.41) is 2.68. The van der Waals surface area contributed by atoms with Crippen LogP contribution in [0.3, 0.4) is 0 Å². The van der Waals surface area contributed by atoms with E-state index < -0.39 is 0 Å². The Balaban J connectivity index is 0.00000196. The van der Waals surface area contributed by atoms with Gasteiger partial charge < -0.3 is 17.0 Å². The molecule has 0 amide bonds. The lowest BCUT2D eigenvalue weighted by Crippen LogP contribution is -3.00. The van der Waals surface area contributed by atoms with E-state index in [1.165, 1.54) is 55.2 Å². The maximum absolute atomic E-state index is 2.32. The van der Waals surface area contributed by atoms with Crippen molar-refractivity contribution < 1.29 is 21.5 Å². The molecule has 0 N–H and O–H groups in total. The Hall–Kier alpha value is -2.19. The van der Waals surface area contributed by atoms with E-state index in [1.54, 1.807) is 0 Å². The Morgan fingerprint density at radius 3 is 1.96 bits per heavy atom. The number of benzene rings is 3. The molecule has 4 aromatic rings. The van der Waals surface area contributed by atoms with Crippen LogP contribution in [0.4, 0.5) is 0 Å². The molecule has 0 spiro atoms. The van der Waals surface area contributed by atoms with Gasteiger partial charge in [0, 0.05) is 17.7 Å². The summed E-state index contributed by atoms with van der Waals surface area (Å²) < 4.78 is 2.32. The molecule has 0 atom stereocenters. The number of halogens is 1. The third-order valence-electron chi connectivity index (χ3n) is 5.32. The molecule has 3 aromatic carbocycles. The number of nitrogens with zero attached hydrogens (tertiary/aromatic N) is 1. The highest BCUT2D eigenvalue weighted by atomic mass is 79.9. The zero-order valence-electron chi connectivity index (χ0n) is 16.0. The topological polar surface area (TPSA) is 3.88 Å². The summed E-state index contributed by atoms with van der Waals surface area (Å²) in [7, 11) is 2.17. The fourth-order valence-electron chi connectivity index (χ4n) is 4.33. The lowest BCUT2D eigenvalue weighted by molar-refractivity contribution is -0.617. The first-order chi connectivity index (χ1) is 12.0. The standard InChI is InChI=1S/C24H24N.BrH/c1-15-13-17(3)22(18(4)14-15)24-19-10-6-7-11-20(19)25(5)21-12-8-9-16(2)23(21)24;/h6-14H,1-5H3;1H/q+1;/p-1. The van der Waals surface area contributed by atoms with Gasteiger partial charge >= 0.3 is 0 Å². The predicted octanol–water partition coefficient (Wildman–Crippen LogP) is 2.72. The van der Waals surface area contributed by atoms with Gasteiger partial charge in [-0.3, -0.25) is 0 Å². The molecule has 0 saturated heterocycles. The van der Waals surface area contributed by atoms with Gasteiger partial charge in [0.25, 0.3) is 0 Å². The monoisotopic (exact) mass is 405 g/mol. The first-order valence-electron chi connectivity index (χ1n) is 8.87. The van der Waals surface area contributed by atoms with Crippen molar-refractivity contribution in [1.82, 2.24) is 0 Å². The van der Waals surface area contributed by atoms with Gasteiger partial charge in [-0.15, -0.1) is 0 Å². The molecule has 0 aliphatic rings. The molecule has 2 heteroatoms. The number of fused-ring (bicyclic) bond motifs is 2. The predicted molar refractivity (Wildman–Crippen MR) is 107 cm³/mol. The highest BCUT2D eigenvalue weighted by Crippen LogP contribution is 2.39. The van der Waals surface area contributed by atoms with Gasteiger partial charge in [0.05, 0.1) is 10.8 Å². The highest BCUT2D eigenvalue weighted by molar-refractivity contribution is 6.09. The van der Waals surface area contributed by atoms with Crippen molar-refractivity contribution in [1.29, 1.82) is 0 Å². The van der Waals surface area contributed by atoms with Gasteiger partial charge in [0.1, 0.15) is 7.05 Å². The second kappa shape index (κ2) is 6.85. The zero-order valence-corrected chi connectivity index (χ0v) is 17.6. The largest absolute Gasteiger partial charge is 1.00 e. The number of para-hydroxylation sites is 1. The first kappa shape index (κ1) is 18.6. The molecule has 1 heterocycles. The smallest absolute Gasteiger partial charge is 0.213 e. The molecular formula is C24H24BrN. The van der Waals surface area contributed by atoms with E-state index in [4.69, 9.17) is 0 Å². The minimum absolute atomic E-state index is 0. The van der Waals surface area contributed by atoms with E-state index in [0.29, 0.717) is 0 Å². The van der Waals surface area contributed by atoms with Gasteiger partial charge in [-0.25, -0.2) is 0 Å². The van der Waals surface area contributed by atoms with Crippen LogP contribution < -0.4 is 21.5 Å². The maximum Gasteiger partial charge on any atom is 0.213 e. The van der Waals surface area contributed by atoms with Gasteiger partial charge in [-0.05, 0) is 56.0 Å². The molecule has 26 heavy (non-hydrogen) atoms. The quantitative estimate of drug-likeness (QED) is 0.338. The highest BCUT2D eigenvalue weighted by Gasteiger charge is 2.22. The molecule has 0 aliphatic carbocycles. The third kappa shape index (κ3) is 2.73. The Morgan fingerprint density at radius 1 is 0.654 bits per heavy atom. The zero-order chi connectivity index (χ0) is 17.7. The number of aryl methyl sites for hydroxylation is 5. The summed E-state index contributed by atoms with van der Waals surface area (Å²) in [6.45, 7) is 8.87. The molecule has 4 rings (SSSR count). The Labute approximate surface area is 166 Å². The molecule has 1 nitrogen and oxygen atoms in total. The van der Waals surface area contributed by atoms with E-state index in [9.17, 15) is 0 Å². The molecular weight excluding hydrogens is 382 g/mol. The van der Waals surface area contributed by atoms with E-state index >= 15 is 0 Å². The summed E-state index contributed by atoms with van der Waals surface area (Å²) in [5.41, 5.74) is 10.7. The van der Waals surface area contributed by atoms with Crippen LogP contribution in [0.1, 0.15) is 22.3 Å². The van der Waals surface area contributed by atoms with E-state index in [0.717, 1.165) is 0 Å².